The number of hydrogen-bond donors (Lipinski definition) is 2. The summed E-state index contributed by atoms with van der Waals surface area (Å²) in [5.74, 6) is 0. The van der Waals surface area contributed by atoms with Crippen molar-refractivity contribution >= 4 is 22.5 Å². The summed E-state index contributed by atoms with van der Waals surface area (Å²) >= 11 is 0. The molecule has 110 valence electrons. The minimum Gasteiger partial charge on any atom is -0.376 e. The number of amides is 2. The number of nitrogens with zero attached hydrogens (tertiary/aromatic N) is 1. The molecular formula is C15H17N3O3. The summed E-state index contributed by atoms with van der Waals surface area (Å²) in [5.41, 5.74) is 0.758. The second kappa shape index (κ2) is 6.51. The van der Waals surface area contributed by atoms with Crippen molar-refractivity contribution in [2.75, 3.05) is 31.7 Å². The fourth-order valence-corrected chi connectivity index (χ4v) is 2.26. The van der Waals surface area contributed by atoms with Gasteiger partial charge in [-0.25, -0.2) is 4.79 Å². The van der Waals surface area contributed by atoms with Crippen molar-refractivity contribution in [1.29, 1.82) is 0 Å². The van der Waals surface area contributed by atoms with Gasteiger partial charge in [0.1, 0.15) is 0 Å². The van der Waals surface area contributed by atoms with E-state index in [2.05, 4.69) is 15.6 Å². The Labute approximate surface area is 122 Å². The number of nitrogens with one attached hydrogen (secondary N) is 2. The number of rotatable bonds is 3. The van der Waals surface area contributed by atoms with E-state index in [0.717, 1.165) is 16.5 Å². The maximum absolute atomic E-state index is 12.0. The first kappa shape index (κ1) is 13.8. The fraction of sp³-hybridized carbons (Fsp3) is 0.333. The molecule has 1 aliphatic rings. The molecule has 6 heteroatoms. The molecule has 21 heavy (non-hydrogen) atoms. The summed E-state index contributed by atoms with van der Waals surface area (Å²) in [6.45, 7) is 2.13. The molecule has 3 rings (SSSR count). The lowest BCUT2D eigenvalue weighted by Crippen LogP contribution is -2.41. The predicted octanol–water partition coefficient (Wildman–Crippen LogP) is 1.77. The molecule has 0 aliphatic carbocycles. The topological polar surface area (TPSA) is 72.5 Å². The van der Waals surface area contributed by atoms with E-state index in [1.807, 2.05) is 24.3 Å². The van der Waals surface area contributed by atoms with Crippen LogP contribution in [0, 0.1) is 0 Å². The number of urea groups is 1. The van der Waals surface area contributed by atoms with Crippen molar-refractivity contribution in [3.05, 3.63) is 36.7 Å². The summed E-state index contributed by atoms with van der Waals surface area (Å²) in [5, 5.41) is 7.59. The third-order valence-electron chi connectivity index (χ3n) is 3.30. The highest BCUT2D eigenvalue weighted by Crippen LogP contribution is 2.21. The van der Waals surface area contributed by atoms with E-state index in [0.29, 0.717) is 26.4 Å². The molecule has 1 fully saturated rings. The Kier molecular flexibility index (Phi) is 4.28. The Bertz CT molecular complexity index is 621. The number of aromatic nitrogens is 1. The van der Waals surface area contributed by atoms with Crippen molar-refractivity contribution in [1.82, 2.24) is 10.3 Å². The molecule has 1 aromatic heterocycles. The van der Waals surface area contributed by atoms with Gasteiger partial charge in [-0.15, -0.1) is 0 Å². The van der Waals surface area contributed by atoms with Gasteiger partial charge in [-0.05, 0) is 12.1 Å². The van der Waals surface area contributed by atoms with Gasteiger partial charge in [-0.1, -0.05) is 12.1 Å². The van der Waals surface area contributed by atoms with Gasteiger partial charge >= 0.3 is 6.03 Å². The molecule has 6 nitrogen and oxygen atoms in total. The molecule has 1 unspecified atom stereocenters. The molecule has 0 radical (unpaired) electrons. The first-order chi connectivity index (χ1) is 10.3. The van der Waals surface area contributed by atoms with Crippen LogP contribution in [0.4, 0.5) is 10.5 Å². The predicted molar refractivity (Wildman–Crippen MR) is 79.3 cm³/mol. The maximum Gasteiger partial charge on any atom is 0.319 e. The van der Waals surface area contributed by atoms with Gasteiger partial charge < -0.3 is 20.1 Å². The standard InChI is InChI=1S/C15H17N3O3/c19-15(17-9-12-10-20-6-7-21-12)18-14-3-1-2-11-8-16-5-4-13(11)14/h1-5,8,12H,6-7,9-10H2,(H2,17,18,19). The van der Waals surface area contributed by atoms with E-state index in [1.165, 1.54) is 0 Å². The Morgan fingerprint density at radius 3 is 3.14 bits per heavy atom. The van der Waals surface area contributed by atoms with Gasteiger partial charge in [-0.3, -0.25) is 4.98 Å². The second-order valence-electron chi connectivity index (χ2n) is 4.81. The van der Waals surface area contributed by atoms with Gasteiger partial charge in [0.2, 0.25) is 0 Å². The normalized spacial score (nSPS) is 18.4. The van der Waals surface area contributed by atoms with Crippen LogP contribution in [0.15, 0.2) is 36.7 Å². The number of carbonyl (C=O) groups excluding carboxylic acids is 1. The van der Waals surface area contributed by atoms with Gasteiger partial charge in [0, 0.05) is 29.7 Å². The van der Waals surface area contributed by atoms with Crippen LogP contribution in [0.25, 0.3) is 10.8 Å². The number of benzene rings is 1. The van der Waals surface area contributed by atoms with E-state index in [4.69, 9.17) is 9.47 Å². The number of ether oxygens (including phenoxy) is 2. The quantitative estimate of drug-likeness (QED) is 0.902. The zero-order valence-corrected chi connectivity index (χ0v) is 11.5. The van der Waals surface area contributed by atoms with Crippen molar-refractivity contribution in [2.24, 2.45) is 0 Å². The minimum atomic E-state index is -0.256. The Morgan fingerprint density at radius 1 is 1.33 bits per heavy atom. The van der Waals surface area contributed by atoms with Gasteiger partial charge in [0.05, 0.1) is 31.6 Å². The maximum atomic E-state index is 12.0. The van der Waals surface area contributed by atoms with Crippen LogP contribution in [-0.4, -0.2) is 43.5 Å². The monoisotopic (exact) mass is 287 g/mol. The minimum absolute atomic E-state index is 0.0822. The highest BCUT2D eigenvalue weighted by molar-refractivity contribution is 6.01. The van der Waals surface area contributed by atoms with Gasteiger partial charge in [-0.2, -0.15) is 0 Å². The van der Waals surface area contributed by atoms with Crippen molar-refractivity contribution in [2.45, 2.75) is 6.10 Å². The number of hydrogen-bond acceptors (Lipinski definition) is 4. The van der Waals surface area contributed by atoms with Crippen molar-refractivity contribution < 1.29 is 14.3 Å². The molecule has 2 amide bonds. The summed E-state index contributed by atoms with van der Waals surface area (Å²) in [4.78, 5) is 16.0. The second-order valence-corrected chi connectivity index (χ2v) is 4.81. The summed E-state index contributed by atoms with van der Waals surface area (Å²) in [7, 11) is 0. The highest BCUT2D eigenvalue weighted by atomic mass is 16.6. The van der Waals surface area contributed by atoms with Gasteiger partial charge in [0.25, 0.3) is 0 Å². The lowest BCUT2D eigenvalue weighted by molar-refractivity contribution is -0.0852. The third kappa shape index (κ3) is 3.48. The Hall–Kier alpha value is -2.18. The molecule has 0 bridgehead atoms. The number of fused-ring (bicyclic) bond motifs is 1. The summed E-state index contributed by atoms with van der Waals surface area (Å²) < 4.78 is 10.8. The molecular weight excluding hydrogens is 270 g/mol. The average Bonchev–Trinajstić information content (AvgIpc) is 2.54. The molecule has 0 spiro atoms. The van der Waals surface area contributed by atoms with Crippen LogP contribution in [-0.2, 0) is 9.47 Å². The average molecular weight is 287 g/mol. The summed E-state index contributed by atoms with van der Waals surface area (Å²) in [6, 6.07) is 7.33. The molecule has 1 aliphatic heterocycles. The van der Waals surface area contributed by atoms with Gasteiger partial charge in [0.15, 0.2) is 0 Å². The van der Waals surface area contributed by atoms with Crippen molar-refractivity contribution in [3.8, 4) is 0 Å². The van der Waals surface area contributed by atoms with Crippen LogP contribution in [0.3, 0.4) is 0 Å². The third-order valence-corrected chi connectivity index (χ3v) is 3.30. The lowest BCUT2D eigenvalue weighted by atomic mass is 10.1. The van der Waals surface area contributed by atoms with Crippen molar-refractivity contribution in [3.63, 3.8) is 0 Å². The Balaban J connectivity index is 1.61. The zero-order valence-electron chi connectivity index (χ0n) is 11.5. The van der Waals surface area contributed by atoms with E-state index >= 15 is 0 Å². The number of anilines is 1. The number of carbonyl (C=O) groups is 1. The first-order valence-electron chi connectivity index (χ1n) is 6.90. The molecule has 2 aromatic rings. The smallest absolute Gasteiger partial charge is 0.319 e. The molecule has 0 saturated carbocycles. The van der Waals surface area contributed by atoms with Crippen LogP contribution in [0.2, 0.25) is 0 Å². The van der Waals surface area contributed by atoms with E-state index in [1.54, 1.807) is 12.4 Å². The molecule has 1 aromatic carbocycles. The van der Waals surface area contributed by atoms with Crippen LogP contribution >= 0.6 is 0 Å². The molecule has 1 saturated heterocycles. The van der Waals surface area contributed by atoms with E-state index in [-0.39, 0.29) is 12.1 Å². The summed E-state index contributed by atoms with van der Waals surface area (Å²) in [6.07, 6.45) is 3.39. The van der Waals surface area contributed by atoms with Crippen LogP contribution < -0.4 is 10.6 Å². The van der Waals surface area contributed by atoms with E-state index in [9.17, 15) is 4.79 Å². The Morgan fingerprint density at radius 2 is 2.29 bits per heavy atom. The zero-order chi connectivity index (χ0) is 14.5. The van der Waals surface area contributed by atoms with Crippen LogP contribution in [0.5, 0.6) is 0 Å². The largest absolute Gasteiger partial charge is 0.376 e. The first-order valence-corrected chi connectivity index (χ1v) is 6.90. The molecule has 2 heterocycles. The SMILES string of the molecule is O=C(NCC1COCCO1)Nc1cccc2cnccc12. The molecule has 2 N–H and O–H groups in total. The lowest BCUT2D eigenvalue weighted by Gasteiger charge is -2.23. The number of pyridine rings is 1. The van der Waals surface area contributed by atoms with Crippen LogP contribution in [0.1, 0.15) is 0 Å². The highest BCUT2D eigenvalue weighted by Gasteiger charge is 2.15. The fourth-order valence-electron chi connectivity index (χ4n) is 2.26. The van der Waals surface area contributed by atoms with E-state index < -0.39 is 0 Å². The molecule has 1 atom stereocenters.